The molecule has 1 aliphatic heterocycles. The monoisotopic (exact) mass is 479 g/mol. The van der Waals surface area contributed by atoms with Gasteiger partial charge in [-0.2, -0.15) is 0 Å². The number of anilines is 1. The topological polar surface area (TPSA) is 114 Å². The molecule has 0 radical (unpaired) electrons. The fraction of sp³-hybridized carbons (Fsp3) is 0.0455. The second-order valence-corrected chi connectivity index (χ2v) is 7.60. The number of nitro groups is 1. The van der Waals surface area contributed by atoms with Crippen LogP contribution in [0.2, 0.25) is 0 Å². The maximum absolute atomic E-state index is 13.0. The highest BCUT2D eigenvalue weighted by molar-refractivity contribution is 9.10. The number of nitro benzene ring substituents is 1. The maximum Gasteiger partial charge on any atom is 0.301 e. The molecule has 0 bridgehead atoms. The van der Waals surface area contributed by atoms with Gasteiger partial charge in [0.15, 0.2) is 0 Å². The van der Waals surface area contributed by atoms with Gasteiger partial charge in [0.2, 0.25) is 0 Å². The Balaban J connectivity index is 2.01. The number of hydrogen-bond donors (Lipinski definition) is 1. The summed E-state index contributed by atoms with van der Waals surface area (Å²) < 4.78 is 0.652. The van der Waals surface area contributed by atoms with E-state index in [1.165, 1.54) is 30.5 Å². The van der Waals surface area contributed by atoms with Crippen LogP contribution in [0.4, 0.5) is 11.5 Å². The van der Waals surface area contributed by atoms with Gasteiger partial charge in [-0.05, 0) is 34.1 Å². The maximum atomic E-state index is 13.0. The quantitative estimate of drug-likeness (QED) is 0.195. The van der Waals surface area contributed by atoms with Crippen LogP contribution in [0, 0.1) is 10.1 Å². The molecule has 1 aromatic heterocycles. The Labute approximate surface area is 184 Å². The van der Waals surface area contributed by atoms with Gasteiger partial charge in [-0.1, -0.05) is 42.5 Å². The van der Waals surface area contributed by atoms with Crippen molar-refractivity contribution in [1.29, 1.82) is 0 Å². The smallest absolute Gasteiger partial charge is 0.301 e. The number of nitrogens with zero attached hydrogens (tertiary/aromatic N) is 3. The molecule has 8 nitrogen and oxygen atoms in total. The normalized spacial score (nSPS) is 17.7. The average molecular weight is 480 g/mol. The Morgan fingerprint density at radius 1 is 1.03 bits per heavy atom. The van der Waals surface area contributed by atoms with Crippen molar-refractivity contribution in [3.8, 4) is 0 Å². The first-order valence-electron chi connectivity index (χ1n) is 9.11. The van der Waals surface area contributed by atoms with E-state index in [4.69, 9.17) is 0 Å². The number of pyridine rings is 1. The van der Waals surface area contributed by atoms with Crippen LogP contribution in [0.25, 0.3) is 5.76 Å². The number of amides is 1. The van der Waals surface area contributed by atoms with Gasteiger partial charge in [0, 0.05) is 22.3 Å². The number of aliphatic hydroxyl groups excluding tert-OH is 1. The summed E-state index contributed by atoms with van der Waals surface area (Å²) in [6.45, 7) is 0. The zero-order chi connectivity index (χ0) is 22.1. The highest BCUT2D eigenvalue weighted by Gasteiger charge is 2.49. The number of rotatable bonds is 4. The van der Waals surface area contributed by atoms with Crippen LogP contribution in [0.3, 0.4) is 0 Å². The molecular formula is C22H14BrN3O5. The second kappa shape index (κ2) is 8.11. The van der Waals surface area contributed by atoms with Crippen LogP contribution < -0.4 is 4.90 Å². The molecule has 0 aliphatic carbocycles. The highest BCUT2D eigenvalue weighted by Crippen LogP contribution is 2.44. The molecule has 1 fully saturated rings. The number of halogens is 1. The number of para-hydroxylation sites is 1. The SMILES string of the molecule is O=C1C(=O)N(c2ccc(Br)cn2)[C@H](c2ccccc2[N+](=O)[O-])C1=C(O)c1ccccc1. The van der Waals surface area contributed by atoms with Crippen LogP contribution in [0.5, 0.6) is 0 Å². The first-order valence-corrected chi connectivity index (χ1v) is 9.90. The van der Waals surface area contributed by atoms with Gasteiger partial charge in [0.25, 0.3) is 11.5 Å². The third-order valence-electron chi connectivity index (χ3n) is 4.88. The van der Waals surface area contributed by atoms with E-state index in [0.717, 1.165) is 4.90 Å². The summed E-state index contributed by atoms with van der Waals surface area (Å²) in [6, 6.07) is 16.0. The van der Waals surface area contributed by atoms with Crippen molar-refractivity contribution in [1.82, 2.24) is 4.98 Å². The molecule has 2 heterocycles. The molecule has 1 aliphatic rings. The Hall–Kier alpha value is -3.85. The minimum atomic E-state index is -1.23. The van der Waals surface area contributed by atoms with Crippen LogP contribution in [0.1, 0.15) is 17.2 Å². The van der Waals surface area contributed by atoms with Gasteiger partial charge >= 0.3 is 5.91 Å². The fourth-order valence-corrected chi connectivity index (χ4v) is 3.74. The van der Waals surface area contributed by atoms with Crippen LogP contribution in [-0.4, -0.2) is 26.7 Å². The number of ketones is 1. The zero-order valence-corrected chi connectivity index (χ0v) is 17.4. The van der Waals surface area contributed by atoms with Crippen molar-refractivity contribution in [3.63, 3.8) is 0 Å². The van der Waals surface area contributed by atoms with Crippen molar-refractivity contribution >= 4 is 44.9 Å². The first-order chi connectivity index (χ1) is 14.9. The lowest BCUT2D eigenvalue weighted by molar-refractivity contribution is -0.385. The van der Waals surface area contributed by atoms with E-state index in [9.17, 15) is 24.8 Å². The summed E-state index contributed by atoms with van der Waals surface area (Å²) in [7, 11) is 0. The van der Waals surface area contributed by atoms with Crippen LogP contribution in [-0.2, 0) is 9.59 Å². The number of carbonyl (C=O) groups excluding carboxylic acids is 2. The van der Waals surface area contributed by atoms with E-state index >= 15 is 0 Å². The van der Waals surface area contributed by atoms with E-state index in [2.05, 4.69) is 20.9 Å². The summed E-state index contributed by atoms with van der Waals surface area (Å²) in [5, 5.41) is 22.7. The van der Waals surface area contributed by atoms with E-state index in [-0.39, 0.29) is 22.6 Å². The highest BCUT2D eigenvalue weighted by atomic mass is 79.9. The van der Waals surface area contributed by atoms with Gasteiger partial charge in [-0.25, -0.2) is 4.98 Å². The Morgan fingerprint density at radius 2 is 1.71 bits per heavy atom. The molecule has 1 amide bonds. The minimum Gasteiger partial charge on any atom is -0.507 e. The number of Topliss-reactive ketones (excluding diaryl/α,β-unsaturated/α-hetero) is 1. The summed E-state index contributed by atoms with van der Waals surface area (Å²) in [4.78, 5) is 42.4. The van der Waals surface area contributed by atoms with Crippen LogP contribution >= 0.6 is 15.9 Å². The lowest BCUT2D eigenvalue weighted by Crippen LogP contribution is -2.30. The molecule has 0 saturated carbocycles. The molecule has 31 heavy (non-hydrogen) atoms. The molecule has 4 rings (SSSR count). The largest absolute Gasteiger partial charge is 0.507 e. The number of aromatic nitrogens is 1. The van der Waals surface area contributed by atoms with Crippen molar-refractivity contribution in [2.24, 2.45) is 0 Å². The Kier molecular flexibility index (Phi) is 5.35. The lowest BCUT2D eigenvalue weighted by Gasteiger charge is -2.24. The first kappa shape index (κ1) is 20.4. The molecule has 1 saturated heterocycles. The van der Waals surface area contributed by atoms with Gasteiger partial charge in [0.1, 0.15) is 17.6 Å². The molecular weight excluding hydrogens is 466 g/mol. The van der Waals surface area contributed by atoms with Crippen molar-refractivity contribution in [2.75, 3.05) is 4.90 Å². The summed E-state index contributed by atoms with van der Waals surface area (Å²) in [5.74, 6) is -2.17. The molecule has 154 valence electrons. The predicted octanol–water partition coefficient (Wildman–Crippen LogP) is 4.38. The average Bonchev–Trinajstić information content (AvgIpc) is 3.05. The molecule has 3 aromatic rings. The summed E-state index contributed by atoms with van der Waals surface area (Å²) >= 11 is 3.27. The van der Waals surface area contributed by atoms with E-state index in [1.807, 2.05) is 0 Å². The third-order valence-corrected chi connectivity index (χ3v) is 5.35. The van der Waals surface area contributed by atoms with Gasteiger partial charge in [-0.15, -0.1) is 0 Å². The van der Waals surface area contributed by atoms with Crippen molar-refractivity contribution in [2.45, 2.75) is 6.04 Å². The molecule has 0 unspecified atom stereocenters. The second-order valence-electron chi connectivity index (χ2n) is 6.69. The third kappa shape index (κ3) is 3.59. The number of aliphatic hydroxyl groups is 1. The zero-order valence-electron chi connectivity index (χ0n) is 15.8. The number of carbonyl (C=O) groups is 2. The standard InChI is InChI=1S/C22H14BrN3O5/c23-14-10-11-17(24-12-14)25-19(15-8-4-5-9-16(15)26(30)31)18(21(28)22(25)29)20(27)13-6-2-1-3-7-13/h1-12,19,27H/t19-/m1/s1. The molecule has 1 N–H and O–H groups in total. The number of benzene rings is 2. The molecule has 0 spiro atoms. The minimum absolute atomic E-state index is 0.0916. The lowest BCUT2D eigenvalue weighted by atomic mass is 9.94. The van der Waals surface area contributed by atoms with Crippen LogP contribution in [0.15, 0.2) is 83.0 Å². The van der Waals surface area contributed by atoms with E-state index in [0.29, 0.717) is 10.0 Å². The van der Waals surface area contributed by atoms with Gasteiger partial charge < -0.3 is 5.11 Å². The van der Waals surface area contributed by atoms with E-state index < -0.39 is 28.4 Å². The fourth-order valence-electron chi connectivity index (χ4n) is 3.51. The molecule has 9 heteroatoms. The molecule has 1 atom stereocenters. The Morgan fingerprint density at radius 3 is 2.35 bits per heavy atom. The predicted molar refractivity (Wildman–Crippen MR) is 116 cm³/mol. The summed E-state index contributed by atoms with van der Waals surface area (Å²) in [5.41, 5.74) is -0.118. The molecule has 2 aromatic carbocycles. The van der Waals surface area contributed by atoms with E-state index in [1.54, 1.807) is 42.5 Å². The van der Waals surface area contributed by atoms with Gasteiger partial charge in [0.05, 0.1) is 16.1 Å². The van der Waals surface area contributed by atoms with Crippen molar-refractivity contribution < 1.29 is 19.6 Å². The Bertz CT molecular complexity index is 1230. The van der Waals surface area contributed by atoms with Crippen molar-refractivity contribution in [3.05, 3.63) is 104 Å². The van der Waals surface area contributed by atoms with Gasteiger partial charge in [-0.3, -0.25) is 24.6 Å². The number of hydrogen-bond acceptors (Lipinski definition) is 6. The summed E-state index contributed by atoms with van der Waals surface area (Å²) in [6.07, 6.45) is 1.45.